The summed E-state index contributed by atoms with van der Waals surface area (Å²) in [6.07, 6.45) is 1.06. The Bertz CT molecular complexity index is 1030. The van der Waals surface area contributed by atoms with Crippen molar-refractivity contribution in [3.63, 3.8) is 0 Å². The van der Waals surface area contributed by atoms with Crippen LogP contribution in [0.3, 0.4) is 0 Å². The van der Waals surface area contributed by atoms with Gasteiger partial charge in [-0.25, -0.2) is 0 Å². The highest BCUT2D eigenvalue weighted by Crippen LogP contribution is 2.35. The van der Waals surface area contributed by atoms with Crippen LogP contribution in [0.15, 0.2) is 59.1 Å². The van der Waals surface area contributed by atoms with Crippen LogP contribution >= 0.6 is 23.1 Å². The van der Waals surface area contributed by atoms with Crippen LogP contribution in [0.1, 0.15) is 24.5 Å². The summed E-state index contributed by atoms with van der Waals surface area (Å²) >= 11 is 3.53. The molecule has 3 nitrogen and oxygen atoms in total. The number of aryl methyl sites for hydroxylation is 1. The molecule has 0 aliphatic carbocycles. The largest absolute Gasteiger partial charge is 0.302 e. The molecule has 4 aromatic rings. The Labute approximate surface area is 162 Å². The van der Waals surface area contributed by atoms with Gasteiger partial charge in [-0.3, -0.25) is 0 Å². The average Bonchev–Trinajstić information content (AvgIpc) is 3.24. The highest BCUT2D eigenvalue weighted by Gasteiger charge is 2.17. The molecule has 132 valence electrons. The molecule has 0 fully saturated rings. The zero-order valence-electron chi connectivity index (χ0n) is 15.0. The van der Waals surface area contributed by atoms with E-state index in [4.69, 9.17) is 0 Å². The zero-order valence-corrected chi connectivity index (χ0v) is 16.6. The van der Waals surface area contributed by atoms with Gasteiger partial charge in [0.1, 0.15) is 0 Å². The fourth-order valence-electron chi connectivity index (χ4n) is 3.12. The van der Waals surface area contributed by atoms with Gasteiger partial charge in [0, 0.05) is 33.3 Å². The number of aromatic nitrogens is 3. The summed E-state index contributed by atoms with van der Waals surface area (Å²) in [5.41, 5.74) is 3.81. The topological polar surface area (TPSA) is 30.7 Å². The van der Waals surface area contributed by atoms with E-state index in [9.17, 15) is 0 Å². The molecular weight excluding hydrogens is 358 g/mol. The summed E-state index contributed by atoms with van der Waals surface area (Å²) < 4.78 is 3.57. The third-order valence-corrected chi connectivity index (χ3v) is 6.34. The molecular formula is C21H21N3S2. The minimum atomic E-state index is 0.911. The van der Waals surface area contributed by atoms with E-state index in [1.807, 2.05) is 0 Å². The van der Waals surface area contributed by atoms with Crippen LogP contribution in [0.4, 0.5) is 0 Å². The monoisotopic (exact) mass is 379 g/mol. The molecule has 2 aromatic carbocycles. The number of hydrogen-bond acceptors (Lipinski definition) is 4. The Morgan fingerprint density at radius 3 is 2.81 bits per heavy atom. The lowest BCUT2D eigenvalue weighted by atomic mass is 10.1. The summed E-state index contributed by atoms with van der Waals surface area (Å²) in [4.78, 5) is 0. The van der Waals surface area contributed by atoms with Crippen molar-refractivity contribution in [2.75, 3.05) is 0 Å². The van der Waals surface area contributed by atoms with Crippen LogP contribution < -0.4 is 0 Å². The normalized spacial score (nSPS) is 11.3. The maximum absolute atomic E-state index is 4.56. The maximum atomic E-state index is 4.56. The van der Waals surface area contributed by atoms with Gasteiger partial charge in [-0.1, -0.05) is 66.7 Å². The molecule has 0 aliphatic heterocycles. The Morgan fingerprint density at radius 2 is 1.96 bits per heavy atom. The molecule has 0 saturated carbocycles. The van der Waals surface area contributed by atoms with Crippen molar-refractivity contribution in [1.82, 2.24) is 14.8 Å². The van der Waals surface area contributed by atoms with Crippen molar-refractivity contribution >= 4 is 33.2 Å². The first kappa shape index (κ1) is 17.3. The number of nitrogens with zero attached hydrogens (tertiary/aromatic N) is 3. The molecule has 0 amide bonds. The second kappa shape index (κ2) is 7.64. The van der Waals surface area contributed by atoms with Gasteiger partial charge in [-0.15, -0.1) is 21.5 Å². The summed E-state index contributed by atoms with van der Waals surface area (Å²) in [7, 11) is 0. The summed E-state index contributed by atoms with van der Waals surface area (Å²) in [6, 6.07) is 17.2. The van der Waals surface area contributed by atoms with E-state index in [0.717, 1.165) is 29.7 Å². The molecule has 26 heavy (non-hydrogen) atoms. The Morgan fingerprint density at radius 1 is 1.08 bits per heavy atom. The van der Waals surface area contributed by atoms with Crippen molar-refractivity contribution in [1.29, 1.82) is 0 Å². The number of thioether (sulfide) groups is 1. The van der Waals surface area contributed by atoms with Gasteiger partial charge in [0.05, 0.1) is 0 Å². The van der Waals surface area contributed by atoms with E-state index in [1.165, 1.54) is 26.8 Å². The van der Waals surface area contributed by atoms with Gasteiger partial charge in [0.2, 0.25) is 0 Å². The molecule has 0 aliphatic rings. The first-order valence-corrected chi connectivity index (χ1v) is 10.7. The Hall–Kier alpha value is -2.11. The van der Waals surface area contributed by atoms with Crippen molar-refractivity contribution in [3.8, 4) is 11.4 Å². The standard InChI is InChI=1S/C21H21N3S2/c1-3-11-24-20(18-14-25-19-10-5-4-9-17(18)19)22-23-21(24)26-13-16-8-6-7-15(2)12-16/h4-10,12,14H,3,11,13H2,1-2H3. The van der Waals surface area contributed by atoms with Gasteiger partial charge in [0.15, 0.2) is 11.0 Å². The number of hydrogen-bond donors (Lipinski definition) is 0. The molecule has 0 unspecified atom stereocenters. The summed E-state index contributed by atoms with van der Waals surface area (Å²) in [5.74, 6) is 1.89. The van der Waals surface area contributed by atoms with Gasteiger partial charge >= 0.3 is 0 Å². The predicted molar refractivity (Wildman–Crippen MR) is 112 cm³/mol. The van der Waals surface area contributed by atoms with Gasteiger partial charge in [-0.05, 0) is 25.0 Å². The third-order valence-electron chi connectivity index (χ3n) is 4.34. The fourth-order valence-corrected chi connectivity index (χ4v) is 4.97. The van der Waals surface area contributed by atoms with Crippen LogP contribution in [-0.4, -0.2) is 14.8 Å². The second-order valence-electron chi connectivity index (χ2n) is 6.38. The molecule has 4 rings (SSSR count). The molecule has 0 bridgehead atoms. The van der Waals surface area contributed by atoms with E-state index in [2.05, 4.69) is 82.5 Å². The van der Waals surface area contributed by atoms with Crippen LogP contribution in [0.5, 0.6) is 0 Å². The number of rotatable bonds is 6. The predicted octanol–water partition coefficient (Wildman–Crippen LogP) is 6.17. The van der Waals surface area contributed by atoms with Crippen molar-refractivity contribution < 1.29 is 0 Å². The number of thiophene rings is 1. The molecule has 0 atom stereocenters. The Balaban J connectivity index is 1.66. The SMILES string of the molecule is CCCn1c(SCc2cccc(C)c2)nnc1-c1csc2ccccc12. The maximum Gasteiger partial charge on any atom is 0.191 e. The van der Waals surface area contributed by atoms with Crippen LogP contribution in [-0.2, 0) is 12.3 Å². The highest BCUT2D eigenvalue weighted by molar-refractivity contribution is 7.98. The van der Waals surface area contributed by atoms with E-state index in [0.29, 0.717) is 0 Å². The van der Waals surface area contributed by atoms with Gasteiger partial charge in [0.25, 0.3) is 0 Å². The van der Waals surface area contributed by atoms with E-state index < -0.39 is 0 Å². The smallest absolute Gasteiger partial charge is 0.191 e. The first-order valence-electron chi connectivity index (χ1n) is 8.84. The van der Waals surface area contributed by atoms with E-state index in [1.54, 1.807) is 23.1 Å². The molecule has 2 heterocycles. The molecule has 0 N–H and O–H groups in total. The fraction of sp³-hybridized carbons (Fsp3) is 0.238. The van der Waals surface area contributed by atoms with Crippen LogP contribution in [0, 0.1) is 6.92 Å². The number of fused-ring (bicyclic) bond motifs is 1. The lowest BCUT2D eigenvalue weighted by Crippen LogP contribution is -2.01. The molecule has 0 saturated heterocycles. The van der Waals surface area contributed by atoms with Crippen LogP contribution in [0.2, 0.25) is 0 Å². The van der Waals surface area contributed by atoms with E-state index >= 15 is 0 Å². The van der Waals surface area contributed by atoms with Crippen molar-refractivity contribution in [2.24, 2.45) is 0 Å². The lowest BCUT2D eigenvalue weighted by Gasteiger charge is -2.09. The number of benzene rings is 2. The Kier molecular flexibility index (Phi) is 5.09. The van der Waals surface area contributed by atoms with Gasteiger partial charge < -0.3 is 4.57 Å². The average molecular weight is 380 g/mol. The quantitative estimate of drug-likeness (QED) is 0.375. The molecule has 5 heteroatoms. The molecule has 0 radical (unpaired) electrons. The zero-order chi connectivity index (χ0) is 17.9. The second-order valence-corrected chi connectivity index (χ2v) is 8.23. The molecule has 0 spiro atoms. The molecule has 2 aromatic heterocycles. The minimum absolute atomic E-state index is 0.911. The lowest BCUT2D eigenvalue weighted by molar-refractivity contribution is 0.626. The van der Waals surface area contributed by atoms with Crippen LogP contribution in [0.25, 0.3) is 21.5 Å². The van der Waals surface area contributed by atoms with E-state index in [-0.39, 0.29) is 0 Å². The van der Waals surface area contributed by atoms with Gasteiger partial charge in [-0.2, -0.15) is 0 Å². The van der Waals surface area contributed by atoms with Crippen molar-refractivity contribution in [2.45, 2.75) is 37.7 Å². The summed E-state index contributed by atoms with van der Waals surface area (Å²) in [5, 5.41) is 13.5. The summed E-state index contributed by atoms with van der Waals surface area (Å²) in [6.45, 7) is 5.26. The minimum Gasteiger partial charge on any atom is -0.302 e. The van der Waals surface area contributed by atoms with Crippen molar-refractivity contribution in [3.05, 3.63) is 65.0 Å². The first-order chi connectivity index (χ1) is 12.8. The highest BCUT2D eigenvalue weighted by atomic mass is 32.2. The third kappa shape index (κ3) is 3.41.